The molecule has 0 spiro atoms. The highest BCUT2D eigenvalue weighted by molar-refractivity contribution is 14.1. The van der Waals surface area contributed by atoms with E-state index in [0.29, 0.717) is 12.1 Å². The van der Waals surface area contributed by atoms with E-state index in [-0.39, 0.29) is 12.5 Å². The quantitative estimate of drug-likeness (QED) is 0.554. The van der Waals surface area contributed by atoms with E-state index in [1.165, 1.54) is 0 Å². The maximum atomic E-state index is 11.7. The summed E-state index contributed by atoms with van der Waals surface area (Å²) < 4.78 is 5.75. The van der Waals surface area contributed by atoms with E-state index in [4.69, 9.17) is 4.74 Å². The van der Waals surface area contributed by atoms with Crippen molar-refractivity contribution in [3.8, 4) is 0 Å². The predicted molar refractivity (Wildman–Crippen MR) is 81.1 cm³/mol. The summed E-state index contributed by atoms with van der Waals surface area (Å²) >= 11 is 2.08. The number of carbonyl (C=O) groups excluding carboxylic acids is 3. The lowest BCUT2D eigenvalue weighted by molar-refractivity contribution is -0.127. The minimum atomic E-state index is -0.573. The van der Waals surface area contributed by atoms with E-state index >= 15 is 0 Å². The Bertz CT molecular complexity index is 505. The number of rotatable bonds is 6. The van der Waals surface area contributed by atoms with Gasteiger partial charge in [0.05, 0.1) is 12.1 Å². The summed E-state index contributed by atoms with van der Waals surface area (Å²) in [5.41, 5.74) is 0.383. The van der Waals surface area contributed by atoms with E-state index in [9.17, 15) is 14.4 Å². The number of nitrogens with one attached hydrogen (secondary N) is 2. The minimum absolute atomic E-state index is 0.131. The van der Waals surface area contributed by atoms with Crippen LogP contribution in [0.5, 0.6) is 0 Å². The predicted octanol–water partition coefficient (Wildman–Crippen LogP) is 0.700. The minimum Gasteiger partial charge on any atom is -0.452 e. The van der Waals surface area contributed by atoms with Gasteiger partial charge in [-0.3, -0.25) is 9.59 Å². The van der Waals surface area contributed by atoms with Crippen LogP contribution in [-0.2, 0) is 14.3 Å². The summed E-state index contributed by atoms with van der Waals surface area (Å²) in [6.45, 7) is 1.73. The molecule has 0 unspecified atom stereocenters. The molecule has 0 bridgehead atoms. The molecule has 0 fully saturated rings. The Morgan fingerprint density at radius 1 is 1.20 bits per heavy atom. The first kappa shape index (κ1) is 16.4. The van der Waals surface area contributed by atoms with Crippen LogP contribution in [0.3, 0.4) is 0 Å². The summed E-state index contributed by atoms with van der Waals surface area (Å²) in [6.07, 6.45) is 0. The molecule has 0 aliphatic rings. The van der Waals surface area contributed by atoms with Crippen molar-refractivity contribution in [1.29, 1.82) is 0 Å². The smallest absolute Gasteiger partial charge is 0.338 e. The monoisotopic (exact) mass is 390 g/mol. The third-order valence-electron chi connectivity index (χ3n) is 2.21. The highest BCUT2D eigenvalue weighted by atomic mass is 127. The number of carbonyl (C=O) groups is 3. The summed E-state index contributed by atoms with van der Waals surface area (Å²) in [5.74, 6) is -1.38. The fourth-order valence-electron chi connectivity index (χ4n) is 1.32. The summed E-state index contributed by atoms with van der Waals surface area (Å²) in [7, 11) is 0. The van der Waals surface area contributed by atoms with Crippen LogP contribution in [0.1, 0.15) is 17.3 Å². The van der Waals surface area contributed by atoms with Gasteiger partial charge in [-0.25, -0.2) is 4.79 Å². The normalized spacial score (nSPS) is 9.70. The second-order valence-electron chi connectivity index (χ2n) is 3.82. The summed E-state index contributed by atoms with van der Waals surface area (Å²) in [4.78, 5) is 34.2. The van der Waals surface area contributed by atoms with E-state index in [1.807, 2.05) is 6.07 Å². The molecule has 0 aromatic heterocycles. The first-order chi connectivity index (χ1) is 9.52. The molecule has 1 aromatic rings. The van der Waals surface area contributed by atoms with Gasteiger partial charge < -0.3 is 15.4 Å². The lowest BCUT2D eigenvalue weighted by Crippen LogP contribution is -2.38. The number of benzene rings is 1. The van der Waals surface area contributed by atoms with Gasteiger partial charge in [-0.2, -0.15) is 0 Å². The zero-order valence-electron chi connectivity index (χ0n) is 10.9. The first-order valence-electron chi connectivity index (χ1n) is 5.99. The molecule has 0 radical (unpaired) electrons. The number of amides is 2. The number of ether oxygens (including phenoxy) is 1. The third-order valence-corrected chi connectivity index (χ3v) is 2.89. The van der Waals surface area contributed by atoms with Crippen LogP contribution in [0.15, 0.2) is 24.3 Å². The summed E-state index contributed by atoms with van der Waals surface area (Å²) in [5, 5.41) is 4.89. The Labute approximate surface area is 130 Å². The molecule has 2 N–H and O–H groups in total. The Morgan fingerprint density at radius 3 is 2.60 bits per heavy atom. The van der Waals surface area contributed by atoms with Crippen LogP contribution in [0, 0.1) is 3.57 Å². The average Bonchev–Trinajstić information content (AvgIpc) is 2.43. The lowest BCUT2D eigenvalue weighted by atomic mass is 10.2. The average molecular weight is 390 g/mol. The Kier molecular flexibility index (Phi) is 6.99. The molecule has 108 valence electrons. The second kappa shape index (κ2) is 8.51. The topological polar surface area (TPSA) is 84.5 Å². The fourth-order valence-corrected chi connectivity index (χ4v) is 1.86. The van der Waals surface area contributed by atoms with Crippen molar-refractivity contribution >= 4 is 40.4 Å². The van der Waals surface area contributed by atoms with Crippen molar-refractivity contribution in [1.82, 2.24) is 10.6 Å². The van der Waals surface area contributed by atoms with Crippen LogP contribution >= 0.6 is 22.6 Å². The SMILES string of the molecule is CCNC(=O)CNC(=O)COC(=O)c1cccc(I)c1. The molecule has 7 heteroatoms. The third kappa shape index (κ3) is 6.00. The van der Waals surface area contributed by atoms with Crippen LogP contribution in [-0.4, -0.2) is 37.5 Å². The standard InChI is InChI=1S/C13H15IN2O4/c1-2-15-11(17)7-16-12(18)8-20-13(19)9-4-3-5-10(14)6-9/h3-6H,2,7-8H2,1H3,(H,15,17)(H,16,18). The molecule has 2 amide bonds. The molecule has 20 heavy (non-hydrogen) atoms. The molecule has 0 saturated carbocycles. The number of hydrogen-bond acceptors (Lipinski definition) is 4. The van der Waals surface area contributed by atoms with E-state index in [2.05, 4.69) is 33.2 Å². The van der Waals surface area contributed by atoms with Crippen molar-refractivity contribution in [3.05, 3.63) is 33.4 Å². The number of hydrogen-bond donors (Lipinski definition) is 2. The number of esters is 1. The molecule has 0 saturated heterocycles. The van der Waals surface area contributed by atoms with Gasteiger partial charge in [0.1, 0.15) is 0 Å². The molecule has 0 aliphatic carbocycles. The molecule has 1 aromatic carbocycles. The van der Waals surface area contributed by atoms with Crippen molar-refractivity contribution in [2.45, 2.75) is 6.92 Å². The maximum Gasteiger partial charge on any atom is 0.338 e. The molecule has 0 heterocycles. The van der Waals surface area contributed by atoms with Gasteiger partial charge in [-0.15, -0.1) is 0 Å². The van der Waals surface area contributed by atoms with Crippen molar-refractivity contribution in [3.63, 3.8) is 0 Å². The fraction of sp³-hybridized carbons (Fsp3) is 0.308. The van der Waals surface area contributed by atoms with Gasteiger partial charge in [0.25, 0.3) is 5.91 Å². The molecule has 6 nitrogen and oxygen atoms in total. The zero-order chi connectivity index (χ0) is 15.0. The van der Waals surface area contributed by atoms with E-state index < -0.39 is 18.5 Å². The molecular weight excluding hydrogens is 375 g/mol. The van der Waals surface area contributed by atoms with Crippen molar-refractivity contribution < 1.29 is 19.1 Å². The highest BCUT2D eigenvalue weighted by Crippen LogP contribution is 2.08. The first-order valence-corrected chi connectivity index (χ1v) is 7.07. The molecule has 1 rings (SSSR count). The maximum absolute atomic E-state index is 11.7. The van der Waals surface area contributed by atoms with Crippen molar-refractivity contribution in [2.24, 2.45) is 0 Å². The highest BCUT2D eigenvalue weighted by Gasteiger charge is 2.11. The van der Waals surface area contributed by atoms with Crippen LogP contribution < -0.4 is 10.6 Å². The largest absolute Gasteiger partial charge is 0.452 e. The van der Waals surface area contributed by atoms with Gasteiger partial charge in [-0.1, -0.05) is 6.07 Å². The van der Waals surface area contributed by atoms with E-state index in [0.717, 1.165) is 3.57 Å². The van der Waals surface area contributed by atoms with Crippen LogP contribution in [0.2, 0.25) is 0 Å². The van der Waals surface area contributed by atoms with Gasteiger partial charge >= 0.3 is 5.97 Å². The van der Waals surface area contributed by atoms with Crippen LogP contribution in [0.25, 0.3) is 0 Å². The van der Waals surface area contributed by atoms with Gasteiger partial charge in [0.2, 0.25) is 5.91 Å². The zero-order valence-corrected chi connectivity index (χ0v) is 13.1. The molecular formula is C13H15IN2O4. The number of halogens is 1. The Balaban J connectivity index is 2.34. The second-order valence-corrected chi connectivity index (χ2v) is 5.06. The van der Waals surface area contributed by atoms with Gasteiger partial charge in [0.15, 0.2) is 6.61 Å². The molecule has 0 atom stereocenters. The molecule has 0 aliphatic heterocycles. The summed E-state index contributed by atoms with van der Waals surface area (Å²) in [6, 6.07) is 6.84. The lowest BCUT2D eigenvalue weighted by Gasteiger charge is -2.06. The van der Waals surface area contributed by atoms with Gasteiger partial charge in [0, 0.05) is 10.1 Å². The van der Waals surface area contributed by atoms with Crippen LogP contribution in [0.4, 0.5) is 0 Å². The van der Waals surface area contributed by atoms with Gasteiger partial charge in [-0.05, 0) is 47.7 Å². The van der Waals surface area contributed by atoms with Crippen molar-refractivity contribution in [2.75, 3.05) is 19.7 Å². The Morgan fingerprint density at radius 2 is 1.95 bits per heavy atom. The van der Waals surface area contributed by atoms with E-state index in [1.54, 1.807) is 25.1 Å². The Hall–Kier alpha value is -1.64. The number of likely N-dealkylation sites (N-methyl/N-ethyl adjacent to an activating group) is 1.